The van der Waals surface area contributed by atoms with Crippen LogP contribution in [-0.4, -0.2) is 29.8 Å². The standard InChI is InChI=1S/C17H14N6OS2/c24-16-12-4-1-2-5-13(12)18-21-22(16)10-26-17-20-19-15(14-6-3-9-25-14)23(17)11-7-8-11/h1-6,9,11H,7-8,10H2. The summed E-state index contributed by atoms with van der Waals surface area (Å²) < 4.78 is 3.57. The molecule has 0 radical (unpaired) electrons. The Morgan fingerprint density at radius 1 is 1.12 bits per heavy atom. The van der Waals surface area contributed by atoms with Gasteiger partial charge in [-0.15, -0.1) is 26.6 Å². The molecule has 0 N–H and O–H groups in total. The normalized spacial score (nSPS) is 14.2. The van der Waals surface area contributed by atoms with Gasteiger partial charge in [-0.1, -0.05) is 35.2 Å². The highest BCUT2D eigenvalue weighted by molar-refractivity contribution is 7.98. The topological polar surface area (TPSA) is 78.5 Å². The molecule has 0 saturated heterocycles. The van der Waals surface area contributed by atoms with Crippen molar-refractivity contribution in [1.82, 2.24) is 29.8 Å². The lowest BCUT2D eigenvalue weighted by Gasteiger charge is -2.08. The maximum absolute atomic E-state index is 12.6. The Hall–Kier alpha value is -2.52. The molecule has 3 aromatic heterocycles. The molecule has 7 nitrogen and oxygen atoms in total. The van der Waals surface area contributed by atoms with E-state index in [4.69, 9.17) is 0 Å². The van der Waals surface area contributed by atoms with E-state index in [-0.39, 0.29) is 5.56 Å². The molecule has 1 aromatic carbocycles. The predicted octanol–water partition coefficient (Wildman–Crippen LogP) is 3.20. The first kappa shape index (κ1) is 15.7. The fraction of sp³-hybridized carbons (Fsp3) is 0.235. The van der Waals surface area contributed by atoms with Crippen LogP contribution in [0.5, 0.6) is 0 Å². The van der Waals surface area contributed by atoms with Crippen molar-refractivity contribution in [3.05, 3.63) is 52.1 Å². The van der Waals surface area contributed by atoms with Crippen LogP contribution in [0.3, 0.4) is 0 Å². The summed E-state index contributed by atoms with van der Waals surface area (Å²) in [5, 5.41) is 20.4. The summed E-state index contributed by atoms with van der Waals surface area (Å²) in [5.74, 6) is 1.26. The molecule has 1 aliphatic rings. The number of rotatable bonds is 5. The van der Waals surface area contributed by atoms with Gasteiger partial charge in [0.2, 0.25) is 0 Å². The largest absolute Gasteiger partial charge is 0.298 e. The molecule has 1 fully saturated rings. The van der Waals surface area contributed by atoms with Crippen LogP contribution in [0.15, 0.2) is 51.7 Å². The third kappa shape index (κ3) is 2.73. The van der Waals surface area contributed by atoms with Crippen LogP contribution in [0.1, 0.15) is 18.9 Å². The first-order valence-electron chi connectivity index (χ1n) is 8.25. The monoisotopic (exact) mass is 382 g/mol. The van der Waals surface area contributed by atoms with E-state index < -0.39 is 0 Å². The van der Waals surface area contributed by atoms with Gasteiger partial charge in [0.05, 0.1) is 16.1 Å². The molecule has 130 valence electrons. The van der Waals surface area contributed by atoms with Gasteiger partial charge in [-0.05, 0) is 36.4 Å². The Morgan fingerprint density at radius 2 is 2.00 bits per heavy atom. The second-order valence-electron chi connectivity index (χ2n) is 6.07. The number of aromatic nitrogens is 6. The van der Waals surface area contributed by atoms with Crippen molar-refractivity contribution in [2.75, 3.05) is 0 Å². The summed E-state index contributed by atoms with van der Waals surface area (Å²) in [5.41, 5.74) is 0.471. The van der Waals surface area contributed by atoms with Crippen molar-refractivity contribution < 1.29 is 0 Å². The van der Waals surface area contributed by atoms with E-state index in [2.05, 4.69) is 31.1 Å². The minimum atomic E-state index is -0.140. The van der Waals surface area contributed by atoms with Crippen molar-refractivity contribution in [2.45, 2.75) is 29.9 Å². The van der Waals surface area contributed by atoms with E-state index in [1.54, 1.807) is 23.5 Å². The van der Waals surface area contributed by atoms with Crippen molar-refractivity contribution >= 4 is 34.0 Å². The zero-order valence-electron chi connectivity index (χ0n) is 13.6. The van der Waals surface area contributed by atoms with Crippen molar-refractivity contribution in [2.24, 2.45) is 0 Å². The van der Waals surface area contributed by atoms with Gasteiger partial charge in [0.25, 0.3) is 5.56 Å². The summed E-state index contributed by atoms with van der Waals surface area (Å²) in [6, 6.07) is 11.8. The lowest BCUT2D eigenvalue weighted by Crippen LogP contribution is -2.23. The zero-order chi connectivity index (χ0) is 17.5. The number of nitrogens with zero attached hydrogens (tertiary/aromatic N) is 6. The highest BCUT2D eigenvalue weighted by atomic mass is 32.2. The number of hydrogen-bond donors (Lipinski definition) is 0. The average Bonchev–Trinajstić information content (AvgIpc) is 3.19. The molecule has 5 rings (SSSR count). The summed E-state index contributed by atoms with van der Waals surface area (Å²) in [6.45, 7) is 0. The molecular formula is C17H14N6OS2. The van der Waals surface area contributed by atoms with E-state index in [1.807, 2.05) is 23.6 Å². The van der Waals surface area contributed by atoms with Gasteiger partial charge in [0.1, 0.15) is 5.52 Å². The van der Waals surface area contributed by atoms with Gasteiger partial charge in [0.15, 0.2) is 11.0 Å². The lowest BCUT2D eigenvalue weighted by molar-refractivity contribution is 0.634. The molecule has 4 aromatic rings. The van der Waals surface area contributed by atoms with E-state index in [0.29, 0.717) is 22.8 Å². The molecular weight excluding hydrogens is 368 g/mol. The fourth-order valence-corrected chi connectivity index (χ4v) is 4.42. The van der Waals surface area contributed by atoms with Crippen LogP contribution in [0.4, 0.5) is 0 Å². The minimum absolute atomic E-state index is 0.140. The first-order valence-corrected chi connectivity index (χ1v) is 10.1. The average molecular weight is 382 g/mol. The van der Waals surface area contributed by atoms with Crippen molar-refractivity contribution in [3.63, 3.8) is 0 Å². The molecule has 0 unspecified atom stereocenters. The van der Waals surface area contributed by atoms with E-state index >= 15 is 0 Å². The maximum atomic E-state index is 12.6. The molecule has 9 heteroatoms. The third-order valence-corrected chi connectivity index (χ3v) is 6.04. The highest BCUT2D eigenvalue weighted by Gasteiger charge is 2.30. The molecule has 26 heavy (non-hydrogen) atoms. The van der Waals surface area contributed by atoms with Crippen LogP contribution >= 0.6 is 23.1 Å². The van der Waals surface area contributed by atoms with E-state index in [1.165, 1.54) is 16.4 Å². The molecule has 1 aliphatic carbocycles. The molecule has 0 aliphatic heterocycles. The van der Waals surface area contributed by atoms with E-state index in [0.717, 1.165) is 28.7 Å². The molecule has 3 heterocycles. The fourth-order valence-electron chi connectivity index (χ4n) is 2.84. The maximum Gasteiger partial charge on any atom is 0.278 e. The smallest absolute Gasteiger partial charge is 0.278 e. The van der Waals surface area contributed by atoms with Gasteiger partial charge >= 0.3 is 0 Å². The number of hydrogen-bond acceptors (Lipinski definition) is 7. The minimum Gasteiger partial charge on any atom is -0.298 e. The molecule has 1 saturated carbocycles. The Labute approximate surface area is 156 Å². The van der Waals surface area contributed by atoms with Crippen LogP contribution < -0.4 is 5.56 Å². The molecule has 0 spiro atoms. The lowest BCUT2D eigenvalue weighted by atomic mass is 10.2. The summed E-state index contributed by atoms with van der Waals surface area (Å²) in [4.78, 5) is 13.7. The zero-order valence-corrected chi connectivity index (χ0v) is 15.3. The number of benzene rings is 1. The highest BCUT2D eigenvalue weighted by Crippen LogP contribution is 2.41. The predicted molar refractivity (Wildman–Crippen MR) is 101 cm³/mol. The Morgan fingerprint density at radius 3 is 2.81 bits per heavy atom. The van der Waals surface area contributed by atoms with Gasteiger partial charge in [-0.25, -0.2) is 0 Å². The second-order valence-corrected chi connectivity index (χ2v) is 7.93. The van der Waals surface area contributed by atoms with Gasteiger partial charge in [0, 0.05) is 6.04 Å². The number of thiophene rings is 1. The van der Waals surface area contributed by atoms with Gasteiger partial charge < -0.3 is 0 Å². The Bertz CT molecular complexity index is 1130. The van der Waals surface area contributed by atoms with Gasteiger partial charge in [-0.3, -0.25) is 9.36 Å². The molecule has 0 atom stereocenters. The SMILES string of the molecule is O=c1c2ccccc2nnn1CSc1nnc(-c2cccs2)n1C1CC1. The summed E-state index contributed by atoms with van der Waals surface area (Å²) >= 11 is 3.12. The van der Waals surface area contributed by atoms with Crippen LogP contribution in [0.2, 0.25) is 0 Å². The van der Waals surface area contributed by atoms with Crippen LogP contribution in [0, 0.1) is 0 Å². The number of fused-ring (bicyclic) bond motifs is 1. The van der Waals surface area contributed by atoms with Crippen molar-refractivity contribution in [1.29, 1.82) is 0 Å². The quantitative estimate of drug-likeness (QED) is 0.493. The first-order chi connectivity index (χ1) is 12.8. The third-order valence-electron chi connectivity index (χ3n) is 4.26. The molecule has 0 amide bonds. The van der Waals surface area contributed by atoms with E-state index in [9.17, 15) is 4.79 Å². The Balaban J connectivity index is 1.46. The van der Waals surface area contributed by atoms with Crippen LogP contribution in [-0.2, 0) is 5.88 Å². The van der Waals surface area contributed by atoms with Gasteiger partial charge in [-0.2, -0.15) is 4.68 Å². The van der Waals surface area contributed by atoms with Crippen LogP contribution in [0.25, 0.3) is 21.6 Å². The second kappa shape index (κ2) is 6.33. The van der Waals surface area contributed by atoms with Crippen molar-refractivity contribution in [3.8, 4) is 10.7 Å². The molecule has 0 bridgehead atoms. The summed E-state index contributed by atoms with van der Waals surface area (Å²) in [6.07, 6.45) is 2.28. The Kier molecular flexibility index (Phi) is 3.83. The number of thioether (sulfide) groups is 1. The summed E-state index contributed by atoms with van der Waals surface area (Å²) in [7, 11) is 0.